The van der Waals surface area contributed by atoms with E-state index in [2.05, 4.69) is 16.8 Å². The molecule has 34 heavy (non-hydrogen) atoms. The van der Waals surface area contributed by atoms with Gasteiger partial charge in [0.05, 0.1) is 11.0 Å². The summed E-state index contributed by atoms with van der Waals surface area (Å²) in [4.78, 5) is 18.4. The lowest BCUT2D eigenvalue weighted by atomic mass is 10.1. The van der Waals surface area contributed by atoms with E-state index in [1.807, 2.05) is 66.7 Å². The maximum atomic E-state index is 13.5. The second kappa shape index (κ2) is 9.77. The van der Waals surface area contributed by atoms with Gasteiger partial charge in [-0.15, -0.1) is 0 Å². The molecule has 0 unspecified atom stereocenters. The quantitative estimate of drug-likeness (QED) is 0.356. The van der Waals surface area contributed by atoms with Crippen LogP contribution in [-0.2, 0) is 17.8 Å². The van der Waals surface area contributed by atoms with E-state index in [1.165, 1.54) is 0 Å². The number of rotatable bonds is 8. The molecule has 1 amide bonds. The molecule has 0 saturated carbocycles. The van der Waals surface area contributed by atoms with E-state index in [4.69, 9.17) is 26.1 Å². The predicted octanol–water partition coefficient (Wildman–Crippen LogP) is 5.67. The fourth-order valence-corrected chi connectivity index (χ4v) is 4.62. The van der Waals surface area contributed by atoms with E-state index in [1.54, 1.807) is 0 Å². The summed E-state index contributed by atoms with van der Waals surface area (Å²) in [5.41, 5.74) is 3.85. The van der Waals surface area contributed by atoms with Gasteiger partial charge in [-0.2, -0.15) is 0 Å². The van der Waals surface area contributed by atoms with Crippen molar-refractivity contribution < 1.29 is 14.3 Å². The van der Waals surface area contributed by atoms with Gasteiger partial charge in [0.2, 0.25) is 12.7 Å². The number of carbonyl (C=O) groups is 1. The molecule has 0 aliphatic carbocycles. The van der Waals surface area contributed by atoms with Crippen LogP contribution >= 0.6 is 11.6 Å². The zero-order valence-corrected chi connectivity index (χ0v) is 19.7. The minimum Gasteiger partial charge on any atom is -0.454 e. The number of hydrogen-bond donors (Lipinski definition) is 1. The Morgan fingerprint density at radius 1 is 1.06 bits per heavy atom. The number of ether oxygens (including phenoxy) is 2. The molecule has 0 bridgehead atoms. The number of aromatic nitrogens is 2. The number of benzene rings is 3. The number of halogens is 1. The molecule has 0 spiro atoms. The smallest absolute Gasteiger partial charge is 0.243 e. The van der Waals surface area contributed by atoms with E-state index in [0.717, 1.165) is 40.2 Å². The summed E-state index contributed by atoms with van der Waals surface area (Å²) < 4.78 is 12.9. The fraction of sp³-hybridized carbons (Fsp3) is 0.259. The van der Waals surface area contributed by atoms with Gasteiger partial charge < -0.3 is 19.4 Å². The van der Waals surface area contributed by atoms with Crippen molar-refractivity contribution in [3.8, 4) is 11.5 Å². The van der Waals surface area contributed by atoms with Crippen molar-refractivity contribution in [3.63, 3.8) is 0 Å². The van der Waals surface area contributed by atoms with Crippen molar-refractivity contribution >= 4 is 28.5 Å². The SMILES string of the molecule is CCC[C@H](C(=O)NCc1ccc2c(c1)OCO2)n1c(Cc2cccc(Cl)c2)nc2ccccc21. The van der Waals surface area contributed by atoms with Crippen LogP contribution in [0.25, 0.3) is 11.0 Å². The number of para-hydroxylation sites is 2. The first-order valence-electron chi connectivity index (χ1n) is 11.5. The van der Waals surface area contributed by atoms with Gasteiger partial charge >= 0.3 is 0 Å². The first kappa shape index (κ1) is 22.3. The third-order valence-electron chi connectivity index (χ3n) is 6.00. The topological polar surface area (TPSA) is 65.4 Å². The molecule has 0 radical (unpaired) electrons. The van der Waals surface area contributed by atoms with Crippen LogP contribution < -0.4 is 14.8 Å². The molecular weight excluding hydrogens is 450 g/mol. The zero-order chi connectivity index (χ0) is 23.5. The highest BCUT2D eigenvalue weighted by Crippen LogP contribution is 2.32. The maximum Gasteiger partial charge on any atom is 0.243 e. The first-order chi connectivity index (χ1) is 16.6. The Balaban J connectivity index is 1.44. The molecule has 1 aliphatic heterocycles. The summed E-state index contributed by atoms with van der Waals surface area (Å²) in [5.74, 6) is 2.26. The van der Waals surface area contributed by atoms with Gasteiger partial charge in [0.1, 0.15) is 11.9 Å². The van der Waals surface area contributed by atoms with Crippen LogP contribution in [0.3, 0.4) is 0 Å². The highest BCUT2D eigenvalue weighted by molar-refractivity contribution is 6.30. The average Bonchev–Trinajstić information content (AvgIpc) is 3.45. The number of nitrogens with one attached hydrogen (secondary N) is 1. The van der Waals surface area contributed by atoms with Gasteiger partial charge in [-0.3, -0.25) is 4.79 Å². The standard InChI is InChI=1S/C27H26ClN3O3/c1-2-6-23(27(32)29-16-19-11-12-24-25(14-19)34-17-33-24)31-22-10-4-3-9-21(22)30-26(31)15-18-7-5-8-20(28)13-18/h3-5,7-14,23H,2,6,15-17H2,1H3,(H,29,32)/t23-/m1/s1. The van der Waals surface area contributed by atoms with Crippen LogP contribution in [0.1, 0.15) is 42.8 Å². The molecule has 5 rings (SSSR count). The van der Waals surface area contributed by atoms with Gasteiger partial charge in [-0.05, 0) is 53.9 Å². The van der Waals surface area contributed by atoms with Gasteiger partial charge in [-0.1, -0.05) is 55.3 Å². The summed E-state index contributed by atoms with van der Waals surface area (Å²) in [6, 6.07) is 21.1. The largest absolute Gasteiger partial charge is 0.454 e. The minimum absolute atomic E-state index is 0.0324. The van der Waals surface area contributed by atoms with Crippen molar-refractivity contribution in [2.24, 2.45) is 0 Å². The molecule has 1 atom stereocenters. The fourth-order valence-electron chi connectivity index (χ4n) is 4.41. The second-order valence-electron chi connectivity index (χ2n) is 8.40. The Hall–Kier alpha value is -3.51. The Bertz CT molecular complexity index is 1330. The molecule has 0 fully saturated rings. The highest BCUT2D eigenvalue weighted by Gasteiger charge is 2.25. The van der Waals surface area contributed by atoms with Crippen LogP contribution in [0.2, 0.25) is 5.02 Å². The van der Waals surface area contributed by atoms with Gasteiger partial charge in [0.25, 0.3) is 0 Å². The normalized spacial score (nSPS) is 13.2. The Morgan fingerprint density at radius 2 is 1.91 bits per heavy atom. The summed E-state index contributed by atoms with van der Waals surface area (Å²) in [5, 5.41) is 3.81. The van der Waals surface area contributed by atoms with Crippen molar-refractivity contribution in [1.29, 1.82) is 0 Å². The third-order valence-corrected chi connectivity index (χ3v) is 6.24. The number of amides is 1. The first-order valence-corrected chi connectivity index (χ1v) is 11.9. The molecule has 174 valence electrons. The second-order valence-corrected chi connectivity index (χ2v) is 8.84. The lowest BCUT2D eigenvalue weighted by molar-refractivity contribution is -0.124. The van der Waals surface area contributed by atoms with E-state index < -0.39 is 0 Å². The van der Waals surface area contributed by atoms with Gasteiger partial charge in [-0.25, -0.2) is 4.98 Å². The third kappa shape index (κ3) is 4.59. The van der Waals surface area contributed by atoms with Crippen molar-refractivity contribution in [2.75, 3.05) is 6.79 Å². The van der Waals surface area contributed by atoms with Crippen LogP contribution in [0, 0.1) is 0 Å². The molecule has 0 saturated heterocycles. The summed E-state index contributed by atoms with van der Waals surface area (Å²) in [6.45, 7) is 2.73. The predicted molar refractivity (Wildman–Crippen MR) is 132 cm³/mol. The zero-order valence-electron chi connectivity index (χ0n) is 19.0. The molecule has 2 heterocycles. The molecule has 1 N–H and O–H groups in total. The summed E-state index contributed by atoms with van der Waals surface area (Å²) in [7, 11) is 0. The number of imidazole rings is 1. The van der Waals surface area contributed by atoms with Gasteiger partial charge in [0.15, 0.2) is 11.5 Å². The lowest BCUT2D eigenvalue weighted by Gasteiger charge is -2.21. The van der Waals surface area contributed by atoms with E-state index in [9.17, 15) is 4.79 Å². The molecule has 6 nitrogen and oxygen atoms in total. The van der Waals surface area contributed by atoms with Crippen LogP contribution in [0.5, 0.6) is 11.5 Å². The van der Waals surface area contributed by atoms with Crippen molar-refractivity contribution in [1.82, 2.24) is 14.9 Å². The monoisotopic (exact) mass is 475 g/mol. The van der Waals surface area contributed by atoms with Crippen molar-refractivity contribution in [3.05, 3.63) is 88.7 Å². The van der Waals surface area contributed by atoms with Gasteiger partial charge in [0, 0.05) is 18.0 Å². The van der Waals surface area contributed by atoms with E-state index in [-0.39, 0.29) is 18.7 Å². The molecule has 3 aromatic carbocycles. The number of hydrogen-bond acceptors (Lipinski definition) is 4. The van der Waals surface area contributed by atoms with Crippen LogP contribution in [0.15, 0.2) is 66.7 Å². The van der Waals surface area contributed by atoms with Crippen molar-refractivity contribution in [2.45, 2.75) is 38.8 Å². The number of fused-ring (bicyclic) bond motifs is 2. The maximum absolute atomic E-state index is 13.5. The minimum atomic E-state index is -0.374. The molecule has 1 aromatic heterocycles. The van der Waals surface area contributed by atoms with E-state index in [0.29, 0.717) is 30.2 Å². The number of carbonyl (C=O) groups excluding carboxylic acids is 1. The van der Waals surface area contributed by atoms with E-state index >= 15 is 0 Å². The number of nitrogens with zero attached hydrogens (tertiary/aromatic N) is 2. The lowest BCUT2D eigenvalue weighted by Crippen LogP contribution is -2.33. The Morgan fingerprint density at radius 3 is 2.76 bits per heavy atom. The highest BCUT2D eigenvalue weighted by atomic mass is 35.5. The molecular formula is C27H26ClN3O3. The average molecular weight is 476 g/mol. The Labute approximate surface area is 203 Å². The Kier molecular flexibility index (Phi) is 6.41. The molecule has 7 heteroatoms. The van der Waals surface area contributed by atoms with Crippen LogP contribution in [-0.4, -0.2) is 22.3 Å². The summed E-state index contributed by atoms with van der Waals surface area (Å²) in [6.07, 6.45) is 2.16. The molecule has 4 aromatic rings. The van der Waals surface area contributed by atoms with Crippen LogP contribution in [0.4, 0.5) is 0 Å². The summed E-state index contributed by atoms with van der Waals surface area (Å²) >= 11 is 6.22. The molecule has 1 aliphatic rings.